The maximum absolute atomic E-state index is 5.86. The quantitative estimate of drug-likeness (QED) is 0.308. The van der Waals surface area contributed by atoms with Gasteiger partial charge >= 0.3 is 0 Å². The molecule has 0 atom stereocenters. The van der Waals surface area contributed by atoms with Crippen molar-refractivity contribution in [2.75, 3.05) is 40.3 Å². The number of nitrogens with zero attached hydrogens (tertiary/aromatic N) is 5. The molecule has 1 fully saturated rings. The molecule has 0 N–H and O–H groups in total. The number of halogens is 3. The first-order valence-electron chi connectivity index (χ1n) is 12.7. The highest BCUT2D eigenvalue weighted by Gasteiger charge is 2.50. The highest BCUT2D eigenvalue weighted by atomic mass is 79.9. The SMILES string of the molecule is Brc1ccc(Br)nc1.CN1CC=C(N2OC(C)(C)C(C)(C)O2)CC1.CN1CC=C(c2ccc(Br)cn2)CC1. The molecule has 0 aromatic carbocycles. The summed E-state index contributed by atoms with van der Waals surface area (Å²) in [4.78, 5) is 24.6. The first kappa shape index (κ1) is 31.4. The van der Waals surface area contributed by atoms with E-state index >= 15 is 0 Å². The average Bonchev–Trinajstić information content (AvgIpc) is 3.10. The van der Waals surface area contributed by atoms with E-state index in [1.807, 2.05) is 24.4 Å². The number of pyridine rings is 2. The third-order valence-corrected chi connectivity index (χ3v) is 8.26. The van der Waals surface area contributed by atoms with Crippen molar-refractivity contribution < 1.29 is 9.68 Å². The van der Waals surface area contributed by atoms with Crippen LogP contribution in [0.15, 0.2) is 68.1 Å². The van der Waals surface area contributed by atoms with Crippen molar-refractivity contribution in [1.82, 2.24) is 25.0 Å². The Morgan fingerprint density at radius 2 is 1.29 bits per heavy atom. The number of rotatable bonds is 2. The van der Waals surface area contributed by atoms with Crippen molar-refractivity contribution in [2.24, 2.45) is 0 Å². The smallest absolute Gasteiger partial charge is 0.124 e. The molecule has 0 radical (unpaired) electrons. The Morgan fingerprint density at radius 1 is 0.737 bits per heavy atom. The Labute approximate surface area is 252 Å². The molecule has 7 nitrogen and oxygen atoms in total. The molecule has 0 saturated carbocycles. The molecule has 3 aliphatic heterocycles. The Kier molecular flexibility index (Phi) is 11.5. The zero-order valence-electron chi connectivity index (χ0n) is 23.0. The van der Waals surface area contributed by atoms with Crippen molar-refractivity contribution >= 4 is 53.4 Å². The van der Waals surface area contributed by atoms with E-state index < -0.39 is 0 Å². The predicted molar refractivity (Wildman–Crippen MR) is 164 cm³/mol. The van der Waals surface area contributed by atoms with Gasteiger partial charge in [-0.2, -0.15) is 0 Å². The van der Waals surface area contributed by atoms with Gasteiger partial charge in [-0.1, -0.05) is 6.08 Å². The van der Waals surface area contributed by atoms with E-state index in [4.69, 9.17) is 9.68 Å². The van der Waals surface area contributed by atoms with E-state index in [1.165, 1.54) is 5.57 Å². The van der Waals surface area contributed by atoms with Crippen LogP contribution in [0.3, 0.4) is 0 Å². The van der Waals surface area contributed by atoms with Crippen LogP contribution in [-0.2, 0) is 9.68 Å². The second-order valence-electron chi connectivity index (χ2n) is 10.6. The summed E-state index contributed by atoms with van der Waals surface area (Å²) in [6.45, 7) is 12.4. The molecule has 2 aromatic heterocycles. The summed E-state index contributed by atoms with van der Waals surface area (Å²) < 4.78 is 2.90. The van der Waals surface area contributed by atoms with Crippen molar-refractivity contribution in [1.29, 1.82) is 0 Å². The summed E-state index contributed by atoms with van der Waals surface area (Å²) in [5.41, 5.74) is 3.03. The maximum atomic E-state index is 5.86. The van der Waals surface area contributed by atoms with E-state index in [0.29, 0.717) is 0 Å². The fourth-order valence-electron chi connectivity index (χ4n) is 3.62. The number of hydroxylamine groups is 2. The Bertz CT molecular complexity index is 1070. The van der Waals surface area contributed by atoms with Gasteiger partial charge in [0.2, 0.25) is 0 Å². The minimum atomic E-state index is -0.294. The molecule has 2 aromatic rings. The van der Waals surface area contributed by atoms with Gasteiger partial charge < -0.3 is 9.80 Å². The van der Waals surface area contributed by atoms with Crippen LogP contribution < -0.4 is 0 Å². The van der Waals surface area contributed by atoms with Crippen molar-refractivity contribution in [2.45, 2.75) is 51.7 Å². The lowest BCUT2D eigenvalue weighted by Gasteiger charge is -2.26. The summed E-state index contributed by atoms with van der Waals surface area (Å²) in [6.07, 6.45) is 10.1. The molecular weight excluding hydrogens is 678 g/mol. The minimum absolute atomic E-state index is 0.294. The molecule has 208 valence electrons. The molecule has 0 amide bonds. The summed E-state index contributed by atoms with van der Waals surface area (Å²) in [6, 6.07) is 7.92. The van der Waals surface area contributed by atoms with Crippen LogP contribution in [0, 0.1) is 0 Å². The summed E-state index contributed by atoms with van der Waals surface area (Å²) >= 11 is 9.86. The van der Waals surface area contributed by atoms with E-state index in [0.717, 1.165) is 64.0 Å². The highest BCUT2D eigenvalue weighted by Crippen LogP contribution is 2.40. The normalized spacial score (nSPS) is 20.9. The minimum Gasteiger partial charge on any atom is -0.302 e. The maximum Gasteiger partial charge on any atom is 0.124 e. The molecule has 0 unspecified atom stereocenters. The monoisotopic (exact) mass is 713 g/mol. The first-order valence-corrected chi connectivity index (χ1v) is 15.1. The van der Waals surface area contributed by atoms with Crippen LogP contribution in [0.2, 0.25) is 0 Å². The predicted octanol–water partition coefficient (Wildman–Crippen LogP) is 7.11. The largest absolute Gasteiger partial charge is 0.302 e. The second-order valence-corrected chi connectivity index (χ2v) is 13.2. The number of likely N-dealkylation sites (N-methyl/N-ethyl adjacent to an activating group) is 2. The topological polar surface area (TPSA) is 54.0 Å². The van der Waals surface area contributed by atoms with Crippen LogP contribution in [0.4, 0.5) is 0 Å². The molecule has 0 bridgehead atoms. The second kappa shape index (κ2) is 14.0. The van der Waals surface area contributed by atoms with Gasteiger partial charge in [-0.15, -0.1) is 5.23 Å². The lowest BCUT2D eigenvalue weighted by molar-refractivity contribution is -0.304. The van der Waals surface area contributed by atoms with Gasteiger partial charge in [-0.25, -0.2) is 14.7 Å². The zero-order valence-corrected chi connectivity index (χ0v) is 27.8. The third-order valence-electron chi connectivity index (χ3n) is 6.85. The van der Waals surface area contributed by atoms with Gasteiger partial charge in [0.1, 0.15) is 15.8 Å². The third kappa shape index (κ3) is 9.21. The fraction of sp³-hybridized carbons (Fsp3) is 0.500. The van der Waals surface area contributed by atoms with Crippen LogP contribution in [0.5, 0.6) is 0 Å². The first-order chi connectivity index (χ1) is 17.9. The van der Waals surface area contributed by atoms with Gasteiger partial charge in [-0.3, -0.25) is 4.98 Å². The molecule has 1 saturated heterocycles. The lowest BCUT2D eigenvalue weighted by Crippen LogP contribution is -2.41. The van der Waals surface area contributed by atoms with Crippen molar-refractivity contribution in [3.63, 3.8) is 0 Å². The van der Waals surface area contributed by atoms with Crippen LogP contribution in [0.1, 0.15) is 46.2 Å². The van der Waals surface area contributed by atoms with Crippen LogP contribution in [-0.4, -0.2) is 76.5 Å². The lowest BCUT2D eigenvalue weighted by atomic mass is 9.90. The molecule has 0 spiro atoms. The van der Waals surface area contributed by atoms with Gasteiger partial charge in [0.25, 0.3) is 0 Å². The van der Waals surface area contributed by atoms with E-state index in [9.17, 15) is 0 Å². The summed E-state index contributed by atoms with van der Waals surface area (Å²) in [5, 5.41) is 1.62. The van der Waals surface area contributed by atoms with Gasteiger partial charge in [0.05, 0.1) is 11.4 Å². The fourth-order valence-corrected chi connectivity index (χ4v) is 4.33. The van der Waals surface area contributed by atoms with Crippen molar-refractivity contribution in [3.05, 3.63) is 73.8 Å². The number of hydrogen-bond acceptors (Lipinski definition) is 7. The van der Waals surface area contributed by atoms with Gasteiger partial charge in [-0.05, 0) is 132 Å². The Balaban J connectivity index is 0.000000166. The van der Waals surface area contributed by atoms with E-state index in [1.54, 1.807) is 11.4 Å². The zero-order chi connectivity index (χ0) is 27.9. The molecule has 38 heavy (non-hydrogen) atoms. The number of hydrogen-bond donors (Lipinski definition) is 0. The van der Waals surface area contributed by atoms with Crippen molar-refractivity contribution in [3.8, 4) is 0 Å². The highest BCUT2D eigenvalue weighted by molar-refractivity contribution is 9.11. The van der Waals surface area contributed by atoms with Crippen LogP contribution >= 0.6 is 47.8 Å². The average molecular weight is 716 g/mol. The van der Waals surface area contributed by atoms with Gasteiger partial charge in [0.15, 0.2) is 0 Å². The summed E-state index contributed by atoms with van der Waals surface area (Å²) in [5.74, 6) is 0. The Hall–Kier alpha value is -1.14. The molecule has 0 aliphatic carbocycles. The van der Waals surface area contributed by atoms with Gasteiger partial charge in [0, 0.05) is 53.9 Å². The molecule has 5 heterocycles. The molecule has 10 heteroatoms. The van der Waals surface area contributed by atoms with Crippen LogP contribution in [0.25, 0.3) is 5.57 Å². The summed E-state index contributed by atoms with van der Waals surface area (Å²) in [7, 11) is 4.26. The Morgan fingerprint density at radius 3 is 1.71 bits per heavy atom. The molecule has 5 rings (SSSR count). The van der Waals surface area contributed by atoms with E-state index in [-0.39, 0.29) is 11.2 Å². The molecular formula is C28H38Br3N5O2. The number of aromatic nitrogens is 2. The molecule has 3 aliphatic rings. The standard InChI is InChI=1S/C12H22N2O2.C11H13BrN2.C5H3Br2N/c1-11(2)12(3,4)16-14(15-11)10-6-8-13(5)9-7-10;1-14-6-4-9(5-7-14)11-3-2-10(12)8-13-11;6-4-1-2-5(7)8-3-4/h6H,7-9H2,1-5H3;2-4,8H,5-7H2,1H3;1-3H. The van der Waals surface area contributed by atoms with E-state index in [2.05, 4.69) is 128 Å².